The molecule has 1 amide bonds. The minimum absolute atomic E-state index is 0.0108. The van der Waals surface area contributed by atoms with Gasteiger partial charge in [-0.05, 0) is 55.7 Å². The summed E-state index contributed by atoms with van der Waals surface area (Å²) in [4.78, 5) is 33.2. The molecule has 1 aliphatic heterocycles. The summed E-state index contributed by atoms with van der Waals surface area (Å²) in [5.41, 5.74) is -1.60. The molecule has 3 rings (SSSR count). The number of ether oxygens (including phenoxy) is 1. The Labute approximate surface area is 212 Å². The normalized spacial score (nSPS) is 23.1. The molecule has 0 radical (unpaired) electrons. The molecule has 3 atom stereocenters. The number of methoxy groups -OCH3 is 1. The summed E-state index contributed by atoms with van der Waals surface area (Å²) in [6.45, 7) is 13.4. The van der Waals surface area contributed by atoms with Gasteiger partial charge < -0.3 is 19.8 Å². The number of thiazole rings is 1. The predicted octanol–water partition coefficient (Wildman–Crippen LogP) is 5.29. The summed E-state index contributed by atoms with van der Waals surface area (Å²) in [5, 5.41) is 24.2. The third-order valence-electron chi connectivity index (χ3n) is 6.91. The number of hydrogen-bond acceptors (Lipinski definition) is 6. The summed E-state index contributed by atoms with van der Waals surface area (Å²) >= 11 is 1.37. The molecule has 35 heavy (non-hydrogen) atoms. The summed E-state index contributed by atoms with van der Waals surface area (Å²) in [6.07, 6.45) is 2.05. The van der Waals surface area contributed by atoms with E-state index in [1.165, 1.54) is 16.2 Å². The van der Waals surface area contributed by atoms with Gasteiger partial charge in [-0.15, -0.1) is 11.3 Å². The van der Waals surface area contributed by atoms with E-state index in [2.05, 4.69) is 25.8 Å². The highest BCUT2D eigenvalue weighted by molar-refractivity contribution is 7.09. The van der Waals surface area contributed by atoms with Gasteiger partial charge in [0.25, 0.3) is 5.91 Å². The third-order valence-corrected chi connectivity index (χ3v) is 7.76. The number of carboxylic acids is 1. The molecule has 192 valence electrons. The highest BCUT2D eigenvalue weighted by Crippen LogP contribution is 2.54. The quantitative estimate of drug-likeness (QED) is 0.533. The number of benzene rings is 1. The Kier molecular flexibility index (Phi) is 7.40. The van der Waals surface area contributed by atoms with E-state index >= 15 is 0 Å². The second-order valence-electron chi connectivity index (χ2n) is 11.6. The van der Waals surface area contributed by atoms with Gasteiger partial charge >= 0.3 is 5.97 Å². The Hall–Kier alpha value is -2.45. The van der Waals surface area contributed by atoms with Crippen LogP contribution >= 0.6 is 11.3 Å². The van der Waals surface area contributed by atoms with Crippen LogP contribution in [0.2, 0.25) is 0 Å². The van der Waals surface area contributed by atoms with Crippen molar-refractivity contribution in [1.82, 2.24) is 9.88 Å². The van der Waals surface area contributed by atoms with Crippen LogP contribution in [0.15, 0.2) is 29.8 Å². The van der Waals surface area contributed by atoms with E-state index in [1.807, 2.05) is 25.3 Å². The van der Waals surface area contributed by atoms with Crippen molar-refractivity contribution in [2.45, 2.75) is 83.9 Å². The maximum Gasteiger partial charge on any atom is 0.329 e. The number of aliphatic carboxylic acids is 1. The molecule has 2 N–H and O–H groups in total. The highest BCUT2D eigenvalue weighted by atomic mass is 32.1. The zero-order valence-corrected chi connectivity index (χ0v) is 22.8. The van der Waals surface area contributed by atoms with Gasteiger partial charge in [-0.2, -0.15) is 0 Å². The lowest BCUT2D eigenvalue weighted by molar-refractivity contribution is -0.150. The van der Waals surface area contributed by atoms with E-state index in [9.17, 15) is 19.8 Å². The Morgan fingerprint density at radius 3 is 2.37 bits per heavy atom. The Balaban J connectivity index is 2.25. The number of carbonyl (C=O) groups excluding carboxylic acids is 1. The molecule has 1 aromatic carbocycles. The Bertz CT molecular complexity index is 1070. The van der Waals surface area contributed by atoms with Gasteiger partial charge in [0.15, 0.2) is 0 Å². The van der Waals surface area contributed by atoms with Gasteiger partial charge in [0, 0.05) is 23.1 Å². The van der Waals surface area contributed by atoms with Crippen molar-refractivity contribution < 1.29 is 24.5 Å². The van der Waals surface area contributed by atoms with Crippen LogP contribution in [-0.2, 0) is 10.2 Å². The maximum atomic E-state index is 14.3. The number of rotatable bonds is 7. The zero-order chi connectivity index (χ0) is 26.3. The molecule has 1 aliphatic rings. The fourth-order valence-corrected chi connectivity index (χ4v) is 6.15. The van der Waals surface area contributed by atoms with E-state index in [4.69, 9.17) is 4.74 Å². The standard InChI is InChI=1S/C27H38N2O5S/c1-16(2)14-27(24(31)32)15-19(26(6,7)33)21(22-28-11-12-35-22)29(27)23(30)17-9-10-18(25(3,4)5)20(13-17)34-8/h9-13,16,19,21,33H,14-15H2,1-8H3,(H,31,32)/t19?,21-,27?/m1/s1. The first-order valence-corrected chi connectivity index (χ1v) is 12.9. The molecular formula is C27H38N2O5S. The van der Waals surface area contributed by atoms with Crippen molar-refractivity contribution in [3.05, 3.63) is 45.9 Å². The van der Waals surface area contributed by atoms with E-state index in [-0.39, 0.29) is 24.2 Å². The topological polar surface area (TPSA) is 100.0 Å². The molecular weight excluding hydrogens is 464 g/mol. The fraction of sp³-hybridized carbons (Fsp3) is 0.593. The fourth-order valence-electron chi connectivity index (χ4n) is 5.36. The number of carboxylic acid groups (broad SMARTS) is 1. The molecule has 0 bridgehead atoms. The van der Waals surface area contributed by atoms with Crippen LogP contribution in [0.25, 0.3) is 0 Å². The molecule has 2 unspecified atom stereocenters. The maximum absolute atomic E-state index is 14.3. The van der Waals surface area contributed by atoms with Crippen LogP contribution in [0.4, 0.5) is 0 Å². The number of carbonyl (C=O) groups is 2. The number of hydrogen-bond donors (Lipinski definition) is 2. The number of amides is 1. The minimum atomic E-state index is -1.48. The molecule has 2 heterocycles. The van der Waals surface area contributed by atoms with Crippen LogP contribution in [0, 0.1) is 11.8 Å². The van der Waals surface area contributed by atoms with Crippen molar-refractivity contribution >= 4 is 23.2 Å². The Morgan fingerprint density at radius 1 is 1.26 bits per heavy atom. The highest BCUT2D eigenvalue weighted by Gasteiger charge is 2.62. The Morgan fingerprint density at radius 2 is 1.91 bits per heavy atom. The molecule has 0 saturated carbocycles. The molecule has 0 spiro atoms. The summed E-state index contributed by atoms with van der Waals surface area (Å²) in [6, 6.07) is 4.63. The lowest BCUT2D eigenvalue weighted by atomic mass is 9.78. The predicted molar refractivity (Wildman–Crippen MR) is 137 cm³/mol. The van der Waals surface area contributed by atoms with Gasteiger partial charge in [0.1, 0.15) is 16.3 Å². The lowest BCUT2D eigenvalue weighted by Gasteiger charge is -2.39. The number of likely N-dealkylation sites (tertiary alicyclic amines) is 1. The van der Waals surface area contributed by atoms with Gasteiger partial charge in [0.05, 0.1) is 18.8 Å². The van der Waals surface area contributed by atoms with Crippen LogP contribution in [-0.4, -0.2) is 50.2 Å². The van der Waals surface area contributed by atoms with E-state index < -0.39 is 35.0 Å². The third kappa shape index (κ3) is 5.09. The van der Waals surface area contributed by atoms with Gasteiger partial charge in [-0.25, -0.2) is 9.78 Å². The SMILES string of the molecule is COc1cc(C(=O)N2[C@@H](c3nccs3)C(C(C)(C)O)CC2(CC(C)C)C(=O)O)ccc1C(C)(C)C. The molecule has 0 aliphatic carbocycles. The zero-order valence-electron chi connectivity index (χ0n) is 22.0. The van der Waals surface area contributed by atoms with Crippen LogP contribution < -0.4 is 4.74 Å². The average Bonchev–Trinajstić information content (AvgIpc) is 3.38. The van der Waals surface area contributed by atoms with Crippen LogP contribution in [0.5, 0.6) is 5.75 Å². The summed E-state index contributed by atoms with van der Waals surface area (Å²) in [7, 11) is 1.57. The second-order valence-corrected chi connectivity index (χ2v) is 12.5. The van der Waals surface area contributed by atoms with Crippen molar-refractivity contribution in [3.63, 3.8) is 0 Å². The van der Waals surface area contributed by atoms with Crippen LogP contribution in [0.1, 0.15) is 88.3 Å². The average molecular weight is 503 g/mol. The smallest absolute Gasteiger partial charge is 0.329 e. The molecule has 1 saturated heterocycles. The number of aromatic nitrogens is 1. The van der Waals surface area contributed by atoms with Crippen molar-refractivity contribution in [2.24, 2.45) is 11.8 Å². The monoisotopic (exact) mass is 502 g/mol. The number of aliphatic hydroxyl groups is 1. The van der Waals surface area contributed by atoms with Gasteiger partial charge in [-0.3, -0.25) is 4.79 Å². The van der Waals surface area contributed by atoms with Gasteiger partial charge in [0.2, 0.25) is 0 Å². The van der Waals surface area contributed by atoms with E-state index in [0.717, 1.165) is 5.56 Å². The largest absolute Gasteiger partial charge is 0.496 e. The molecule has 7 nitrogen and oxygen atoms in total. The second kappa shape index (κ2) is 9.54. The van der Waals surface area contributed by atoms with Crippen molar-refractivity contribution in [1.29, 1.82) is 0 Å². The number of nitrogens with zero attached hydrogens (tertiary/aromatic N) is 2. The van der Waals surface area contributed by atoms with E-state index in [1.54, 1.807) is 39.3 Å². The lowest BCUT2D eigenvalue weighted by Crippen LogP contribution is -2.54. The van der Waals surface area contributed by atoms with Crippen molar-refractivity contribution in [3.8, 4) is 5.75 Å². The summed E-state index contributed by atoms with van der Waals surface area (Å²) in [5.74, 6) is -1.39. The first kappa shape index (κ1) is 27.1. The first-order chi connectivity index (χ1) is 16.1. The van der Waals surface area contributed by atoms with E-state index in [0.29, 0.717) is 16.3 Å². The van der Waals surface area contributed by atoms with Crippen LogP contribution in [0.3, 0.4) is 0 Å². The van der Waals surface area contributed by atoms with Crippen molar-refractivity contribution in [2.75, 3.05) is 7.11 Å². The molecule has 2 aromatic rings. The van der Waals surface area contributed by atoms with Gasteiger partial charge in [-0.1, -0.05) is 40.7 Å². The molecule has 8 heteroatoms. The summed E-state index contributed by atoms with van der Waals surface area (Å²) < 4.78 is 5.63. The molecule has 1 fully saturated rings. The minimum Gasteiger partial charge on any atom is -0.496 e. The molecule has 1 aromatic heterocycles. The first-order valence-electron chi connectivity index (χ1n) is 12.0.